The highest BCUT2D eigenvalue weighted by molar-refractivity contribution is 6.04. The highest BCUT2D eigenvalue weighted by atomic mass is 16.1. The summed E-state index contributed by atoms with van der Waals surface area (Å²) in [6, 6.07) is 13.0. The smallest absolute Gasteiger partial charge is 0.255 e. The van der Waals surface area contributed by atoms with E-state index in [1.54, 1.807) is 13.1 Å². The Labute approximate surface area is 119 Å². The van der Waals surface area contributed by atoms with Gasteiger partial charge in [0, 0.05) is 24.0 Å². The van der Waals surface area contributed by atoms with E-state index in [4.69, 9.17) is 0 Å². The van der Waals surface area contributed by atoms with E-state index in [1.165, 1.54) is 0 Å². The minimum atomic E-state index is -0.118. The van der Waals surface area contributed by atoms with Gasteiger partial charge in [-0.1, -0.05) is 31.5 Å². The van der Waals surface area contributed by atoms with Crippen LogP contribution in [0.15, 0.2) is 42.5 Å². The number of nitrogens with one attached hydrogen (secondary N) is 2. The summed E-state index contributed by atoms with van der Waals surface area (Å²) in [7, 11) is 1.80. The fraction of sp³-hybridized carbons (Fsp3) is 0.250. The molecule has 1 amide bonds. The maximum Gasteiger partial charge on any atom is 0.255 e. The van der Waals surface area contributed by atoms with Gasteiger partial charge in [-0.3, -0.25) is 4.79 Å². The van der Waals surface area contributed by atoms with Gasteiger partial charge in [0.05, 0.1) is 0 Å². The molecule has 0 aliphatic carbocycles. The minimum absolute atomic E-state index is 0.118. The number of aryl methyl sites for hydroxylation is 1. The Morgan fingerprint density at radius 2 is 1.95 bits per heavy atom. The number of carbonyl (C=O) groups is 1. The molecule has 4 heteroatoms. The first-order chi connectivity index (χ1) is 9.72. The van der Waals surface area contributed by atoms with Crippen LogP contribution in [0.4, 0.5) is 11.5 Å². The average Bonchev–Trinajstić information content (AvgIpc) is 2.48. The fourth-order valence-corrected chi connectivity index (χ4v) is 1.96. The number of amides is 1. The molecule has 2 N–H and O–H groups in total. The average molecular weight is 269 g/mol. The number of hydrogen-bond acceptors (Lipinski definition) is 3. The van der Waals surface area contributed by atoms with Crippen LogP contribution in [-0.4, -0.2) is 17.9 Å². The number of nitrogens with zero attached hydrogens (tertiary/aromatic N) is 1. The van der Waals surface area contributed by atoms with Crippen LogP contribution >= 0.6 is 0 Å². The number of pyridine rings is 1. The maximum absolute atomic E-state index is 12.3. The molecule has 0 aliphatic rings. The van der Waals surface area contributed by atoms with Crippen molar-refractivity contribution in [1.82, 2.24) is 4.98 Å². The van der Waals surface area contributed by atoms with Crippen molar-refractivity contribution in [2.45, 2.75) is 19.8 Å². The van der Waals surface area contributed by atoms with E-state index < -0.39 is 0 Å². The Morgan fingerprint density at radius 1 is 1.20 bits per heavy atom. The predicted molar refractivity (Wildman–Crippen MR) is 82.2 cm³/mol. The molecule has 2 aromatic rings. The summed E-state index contributed by atoms with van der Waals surface area (Å²) < 4.78 is 0. The Bertz CT molecular complexity index is 582. The molecule has 2 rings (SSSR count). The zero-order chi connectivity index (χ0) is 14.4. The second-order valence-corrected chi connectivity index (χ2v) is 4.55. The van der Waals surface area contributed by atoms with E-state index in [9.17, 15) is 4.79 Å². The molecule has 4 nitrogen and oxygen atoms in total. The molecule has 0 bridgehead atoms. The van der Waals surface area contributed by atoms with E-state index in [0.717, 1.165) is 24.2 Å². The van der Waals surface area contributed by atoms with Crippen LogP contribution < -0.4 is 10.6 Å². The third kappa shape index (κ3) is 3.57. The van der Waals surface area contributed by atoms with Crippen molar-refractivity contribution in [2.24, 2.45) is 0 Å². The highest BCUT2D eigenvalue weighted by Crippen LogP contribution is 2.14. The van der Waals surface area contributed by atoms with Crippen molar-refractivity contribution in [3.8, 4) is 0 Å². The maximum atomic E-state index is 12.3. The monoisotopic (exact) mass is 269 g/mol. The van der Waals surface area contributed by atoms with Gasteiger partial charge in [-0.15, -0.1) is 0 Å². The van der Waals surface area contributed by atoms with Crippen molar-refractivity contribution in [2.75, 3.05) is 17.7 Å². The molecule has 104 valence electrons. The van der Waals surface area contributed by atoms with Gasteiger partial charge in [0.15, 0.2) is 0 Å². The van der Waals surface area contributed by atoms with E-state index in [0.29, 0.717) is 11.4 Å². The molecule has 1 heterocycles. The third-order valence-corrected chi connectivity index (χ3v) is 2.93. The number of aromatic nitrogens is 1. The zero-order valence-electron chi connectivity index (χ0n) is 11.8. The van der Waals surface area contributed by atoms with Gasteiger partial charge in [0.25, 0.3) is 5.91 Å². The number of anilines is 2. The van der Waals surface area contributed by atoms with Gasteiger partial charge in [-0.25, -0.2) is 4.98 Å². The van der Waals surface area contributed by atoms with Crippen molar-refractivity contribution in [3.05, 3.63) is 53.7 Å². The third-order valence-electron chi connectivity index (χ3n) is 2.93. The molecular weight excluding hydrogens is 250 g/mol. The molecule has 1 aromatic carbocycles. The molecule has 0 aliphatic heterocycles. The largest absolute Gasteiger partial charge is 0.373 e. The van der Waals surface area contributed by atoms with Crippen molar-refractivity contribution < 1.29 is 4.79 Å². The van der Waals surface area contributed by atoms with Gasteiger partial charge < -0.3 is 10.6 Å². The molecule has 0 atom stereocenters. The lowest BCUT2D eigenvalue weighted by Gasteiger charge is -2.09. The molecule has 0 radical (unpaired) electrons. The van der Waals surface area contributed by atoms with Crippen molar-refractivity contribution >= 4 is 17.4 Å². The number of para-hydroxylation sites is 1. The van der Waals surface area contributed by atoms with E-state index in [1.807, 2.05) is 36.4 Å². The van der Waals surface area contributed by atoms with Crippen LogP contribution in [0.2, 0.25) is 0 Å². The van der Waals surface area contributed by atoms with Gasteiger partial charge in [0.2, 0.25) is 0 Å². The first kappa shape index (κ1) is 14.1. The Morgan fingerprint density at radius 3 is 2.60 bits per heavy atom. The number of benzene rings is 1. The van der Waals surface area contributed by atoms with Crippen LogP contribution in [-0.2, 0) is 6.42 Å². The molecule has 20 heavy (non-hydrogen) atoms. The summed E-state index contributed by atoms with van der Waals surface area (Å²) >= 11 is 0. The van der Waals surface area contributed by atoms with Crippen LogP contribution in [0, 0.1) is 0 Å². The first-order valence-electron chi connectivity index (χ1n) is 6.78. The summed E-state index contributed by atoms with van der Waals surface area (Å²) in [5.74, 6) is 0.599. The van der Waals surface area contributed by atoms with Crippen LogP contribution in [0.25, 0.3) is 0 Å². The van der Waals surface area contributed by atoms with Gasteiger partial charge in [-0.05, 0) is 30.7 Å². The van der Waals surface area contributed by atoms with Crippen molar-refractivity contribution in [1.29, 1.82) is 0 Å². The topological polar surface area (TPSA) is 54.0 Å². The molecule has 0 saturated heterocycles. The second kappa shape index (κ2) is 6.70. The summed E-state index contributed by atoms with van der Waals surface area (Å²) in [5, 5.41) is 5.88. The molecule has 0 fully saturated rings. The lowest BCUT2D eigenvalue weighted by Crippen LogP contribution is -2.13. The zero-order valence-corrected chi connectivity index (χ0v) is 11.8. The number of hydrogen-bond donors (Lipinski definition) is 2. The van der Waals surface area contributed by atoms with E-state index >= 15 is 0 Å². The van der Waals surface area contributed by atoms with Crippen molar-refractivity contribution in [3.63, 3.8) is 0 Å². The number of rotatable bonds is 5. The Hall–Kier alpha value is -2.36. The Balaban J connectivity index is 2.22. The molecular formula is C16H19N3O. The number of carbonyl (C=O) groups excluding carboxylic acids is 1. The summed E-state index contributed by atoms with van der Waals surface area (Å²) in [4.78, 5) is 16.7. The second-order valence-electron chi connectivity index (χ2n) is 4.55. The predicted octanol–water partition coefficient (Wildman–Crippen LogP) is 3.33. The highest BCUT2D eigenvalue weighted by Gasteiger charge is 2.09. The quantitative estimate of drug-likeness (QED) is 0.875. The first-order valence-corrected chi connectivity index (χ1v) is 6.78. The SMILES string of the molecule is CCCc1cc(C(=O)Nc2ccccc2)cc(NC)n1. The lowest BCUT2D eigenvalue weighted by atomic mass is 10.1. The van der Waals surface area contributed by atoms with Gasteiger partial charge >= 0.3 is 0 Å². The fourth-order valence-electron chi connectivity index (χ4n) is 1.96. The summed E-state index contributed by atoms with van der Waals surface area (Å²) in [6.45, 7) is 2.09. The minimum Gasteiger partial charge on any atom is -0.373 e. The van der Waals surface area contributed by atoms with Gasteiger partial charge in [-0.2, -0.15) is 0 Å². The molecule has 0 spiro atoms. The van der Waals surface area contributed by atoms with E-state index in [2.05, 4.69) is 22.5 Å². The van der Waals surface area contributed by atoms with Gasteiger partial charge in [0.1, 0.15) is 5.82 Å². The summed E-state index contributed by atoms with van der Waals surface area (Å²) in [6.07, 6.45) is 1.86. The van der Waals surface area contributed by atoms with Crippen LogP contribution in [0.1, 0.15) is 29.4 Å². The lowest BCUT2D eigenvalue weighted by molar-refractivity contribution is 0.102. The molecule has 0 unspecified atom stereocenters. The van der Waals surface area contributed by atoms with Crippen LogP contribution in [0.5, 0.6) is 0 Å². The van der Waals surface area contributed by atoms with Crippen LogP contribution in [0.3, 0.4) is 0 Å². The molecule has 0 saturated carbocycles. The Kier molecular flexibility index (Phi) is 4.71. The standard InChI is InChI=1S/C16H19N3O/c1-3-7-14-10-12(11-15(17-2)18-14)16(20)19-13-8-5-4-6-9-13/h4-6,8-11H,3,7H2,1-2H3,(H,17,18)(H,19,20). The summed E-state index contributed by atoms with van der Waals surface area (Å²) in [5.41, 5.74) is 2.34. The normalized spacial score (nSPS) is 10.1. The van der Waals surface area contributed by atoms with E-state index in [-0.39, 0.29) is 5.91 Å². The molecule has 1 aromatic heterocycles.